The van der Waals surface area contributed by atoms with Gasteiger partial charge in [0.25, 0.3) is 5.91 Å². The molecule has 0 saturated carbocycles. The number of methoxy groups -OCH3 is 1. The van der Waals surface area contributed by atoms with Crippen LogP contribution in [0.2, 0.25) is 5.02 Å². The van der Waals surface area contributed by atoms with Crippen molar-refractivity contribution in [2.45, 2.75) is 45.3 Å². The number of amides is 2. The smallest absolute Gasteiger partial charge is 0.311 e. The standard InChI is InChI=1S/C29H32ClN3O6/c1-29(2,3)31-28(35)25(16-20-8-6-5-7-9-20)32(18-21-10-12-22(30)13-11-21)27(34)19-39-23-14-15-24(33(36)37)26(17-23)38-4/h5-15,17,25H,16,18-19H2,1-4H3,(H,31,35)/t25-/m0/s1. The van der Waals surface area contributed by atoms with E-state index in [2.05, 4.69) is 5.32 Å². The fourth-order valence-corrected chi connectivity index (χ4v) is 4.05. The Balaban J connectivity index is 1.93. The Morgan fingerprint density at radius 2 is 1.69 bits per heavy atom. The lowest BCUT2D eigenvalue weighted by Crippen LogP contribution is -2.55. The van der Waals surface area contributed by atoms with Crippen molar-refractivity contribution in [3.8, 4) is 11.5 Å². The van der Waals surface area contributed by atoms with Crippen LogP contribution in [0.1, 0.15) is 31.9 Å². The Kier molecular flexibility index (Phi) is 9.89. The molecular formula is C29H32ClN3O6. The average molecular weight is 554 g/mol. The highest BCUT2D eigenvalue weighted by Gasteiger charge is 2.32. The Morgan fingerprint density at radius 3 is 2.28 bits per heavy atom. The van der Waals surface area contributed by atoms with Crippen molar-refractivity contribution in [2.24, 2.45) is 0 Å². The Morgan fingerprint density at radius 1 is 1.03 bits per heavy atom. The molecule has 0 aromatic heterocycles. The highest BCUT2D eigenvalue weighted by molar-refractivity contribution is 6.30. The molecule has 1 N–H and O–H groups in total. The van der Waals surface area contributed by atoms with Gasteiger partial charge in [0.15, 0.2) is 6.61 Å². The first-order chi connectivity index (χ1) is 18.5. The van der Waals surface area contributed by atoms with Gasteiger partial charge in [-0.3, -0.25) is 19.7 Å². The number of halogens is 1. The summed E-state index contributed by atoms with van der Waals surface area (Å²) in [5.74, 6) is -0.511. The van der Waals surface area contributed by atoms with Gasteiger partial charge in [-0.05, 0) is 50.1 Å². The van der Waals surface area contributed by atoms with E-state index in [1.54, 1.807) is 24.3 Å². The van der Waals surface area contributed by atoms with Crippen LogP contribution in [0.5, 0.6) is 11.5 Å². The van der Waals surface area contributed by atoms with Gasteiger partial charge in [-0.1, -0.05) is 54.1 Å². The number of carbonyl (C=O) groups is 2. The van der Waals surface area contributed by atoms with Crippen molar-refractivity contribution in [1.82, 2.24) is 10.2 Å². The zero-order valence-corrected chi connectivity index (χ0v) is 23.1. The van der Waals surface area contributed by atoms with Crippen molar-refractivity contribution in [3.63, 3.8) is 0 Å². The molecule has 0 fully saturated rings. The van der Waals surface area contributed by atoms with E-state index in [1.807, 2.05) is 51.1 Å². The summed E-state index contributed by atoms with van der Waals surface area (Å²) in [5, 5.41) is 14.8. The minimum Gasteiger partial charge on any atom is -0.490 e. The molecule has 39 heavy (non-hydrogen) atoms. The van der Waals surface area contributed by atoms with Gasteiger partial charge in [-0.25, -0.2) is 0 Å². The number of rotatable bonds is 11. The van der Waals surface area contributed by atoms with Crippen LogP contribution in [0.3, 0.4) is 0 Å². The fraction of sp³-hybridized carbons (Fsp3) is 0.310. The lowest BCUT2D eigenvalue weighted by Gasteiger charge is -2.33. The van der Waals surface area contributed by atoms with Crippen LogP contribution in [0.4, 0.5) is 5.69 Å². The summed E-state index contributed by atoms with van der Waals surface area (Å²) in [5.41, 5.74) is 0.933. The predicted octanol–water partition coefficient (Wildman–Crippen LogP) is 5.19. The molecular weight excluding hydrogens is 522 g/mol. The van der Waals surface area contributed by atoms with E-state index in [-0.39, 0.29) is 36.1 Å². The second kappa shape index (κ2) is 13.1. The zero-order valence-electron chi connectivity index (χ0n) is 22.3. The van der Waals surface area contributed by atoms with Gasteiger partial charge in [0.1, 0.15) is 11.8 Å². The zero-order chi connectivity index (χ0) is 28.6. The average Bonchev–Trinajstić information content (AvgIpc) is 2.89. The van der Waals surface area contributed by atoms with Crippen LogP contribution in [-0.2, 0) is 22.6 Å². The normalized spacial score (nSPS) is 11.8. The third-order valence-corrected chi connectivity index (χ3v) is 6.00. The number of nitro benzene ring substituents is 1. The predicted molar refractivity (Wildman–Crippen MR) is 149 cm³/mol. The van der Waals surface area contributed by atoms with Crippen LogP contribution in [0.25, 0.3) is 0 Å². The summed E-state index contributed by atoms with van der Waals surface area (Å²) in [4.78, 5) is 39.4. The number of nitro groups is 1. The van der Waals surface area contributed by atoms with E-state index in [0.717, 1.165) is 11.1 Å². The van der Waals surface area contributed by atoms with Crippen LogP contribution in [0, 0.1) is 10.1 Å². The summed E-state index contributed by atoms with van der Waals surface area (Å²) < 4.78 is 10.8. The summed E-state index contributed by atoms with van der Waals surface area (Å²) in [6, 6.07) is 19.6. The van der Waals surface area contributed by atoms with Gasteiger partial charge < -0.3 is 19.7 Å². The highest BCUT2D eigenvalue weighted by atomic mass is 35.5. The molecule has 0 unspecified atom stereocenters. The lowest BCUT2D eigenvalue weighted by molar-refractivity contribution is -0.385. The van der Waals surface area contributed by atoms with Crippen LogP contribution in [-0.4, -0.2) is 46.9 Å². The van der Waals surface area contributed by atoms with Crippen molar-refractivity contribution < 1.29 is 24.0 Å². The number of hydrogen-bond acceptors (Lipinski definition) is 6. The number of ether oxygens (including phenoxy) is 2. The minimum absolute atomic E-state index is 0.00878. The molecule has 3 aromatic carbocycles. The lowest BCUT2D eigenvalue weighted by atomic mass is 10.0. The first-order valence-electron chi connectivity index (χ1n) is 12.3. The molecule has 2 amide bonds. The van der Waals surface area contributed by atoms with E-state index < -0.39 is 29.0 Å². The summed E-state index contributed by atoms with van der Waals surface area (Å²) in [6.45, 7) is 5.36. The fourth-order valence-electron chi connectivity index (χ4n) is 3.92. The van der Waals surface area contributed by atoms with E-state index in [0.29, 0.717) is 5.02 Å². The minimum atomic E-state index is -0.843. The molecule has 1 atom stereocenters. The van der Waals surface area contributed by atoms with E-state index >= 15 is 0 Å². The Hall–Kier alpha value is -4.11. The van der Waals surface area contributed by atoms with Gasteiger partial charge in [0.05, 0.1) is 12.0 Å². The quantitative estimate of drug-likeness (QED) is 0.258. The van der Waals surface area contributed by atoms with Gasteiger partial charge in [0, 0.05) is 35.7 Å². The molecule has 0 spiro atoms. The SMILES string of the molecule is COc1cc(OCC(=O)N(Cc2ccc(Cl)cc2)[C@@H](Cc2ccccc2)C(=O)NC(C)(C)C)ccc1[N+](=O)[O-]. The van der Waals surface area contributed by atoms with Gasteiger partial charge in [0.2, 0.25) is 11.7 Å². The second-order valence-electron chi connectivity index (χ2n) is 9.97. The largest absolute Gasteiger partial charge is 0.490 e. The molecule has 0 aliphatic heterocycles. The van der Waals surface area contributed by atoms with Crippen molar-refractivity contribution >= 4 is 29.1 Å². The molecule has 0 aliphatic rings. The molecule has 3 rings (SSSR count). The van der Waals surface area contributed by atoms with Gasteiger partial charge in [-0.15, -0.1) is 0 Å². The van der Waals surface area contributed by atoms with Crippen molar-refractivity contribution in [1.29, 1.82) is 0 Å². The van der Waals surface area contributed by atoms with E-state index in [4.69, 9.17) is 21.1 Å². The maximum absolute atomic E-state index is 13.7. The molecule has 10 heteroatoms. The third kappa shape index (κ3) is 8.71. The summed E-state index contributed by atoms with van der Waals surface area (Å²) in [6.07, 6.45) is 0.285. The molecule has 0 aliphatic carbocycles. The second-order valence-corrected chi connectivity index (χ2v) is 10.4. The van der Waals surface area contributed by atoms with Crippen LogP contribution >= 0.6 is 11.6 Å². The molecule has 206 valence electrons. The number of carbonyl (C=O) groups excluding carboxylic acids is 2. The molecule has 3 aromatic rings. The monoisotopic (exact) mass is 553 g/mol. The maximum Gasteiger partial charge on any atom is 0.311 e. The molecule has 0 radical (unpaired) electrons. The number of nitrogens with one attached hydrogen (secondary N) is 1. The molecule has 0 heterocycles. The Bertz CT molecular complexity index is 1290. The van der Waals surface area contributed by atoms with Crippen molar-refractivity contribution in [2.75, 3.05) is 13.7 Å². The molecule has 9 nitrogen and oxygen atoms in total. The van der Waals surface area contributed by atoms with Gasteiger partial charge in [-0.2, -0.15) is 0 Å². The highest BCUT2D eigenvalue weighted by Crippen LogP contribution is 2.31. The number of benzene rings is 3. The molecule has 0 bridgehead atoms. The van der Waals surface area contributed by atoms with E-state index in [9.17, 15) is 19.7 Å². The van der Waals surface area contributed by atoms with Crippen LogP contribution in [0.15, 0.2) is 72.8 Å². The number of hydrogen-bond donors (Lipinski definition) is 1. The maximum atomic E-state index is 13.7. The summed E-state index contributed by atoms with van der Waals surface area (Å²) in [7, 11) is 1.31. The number of nitrogens with zero attached hydrogens (tertiary/aromatic N) is 2. The third-order valence-electron chi connectivity index (χ3n) is 5.75. The van der Waals surface area contributed by atoms with Gasteiger partial charge >= 0.3 is 5.69 Å². The first-order valence-corrected chi connectivity index (χ1v) is 12.7. The summed E-state index contributed by atoms with van der Waals surface area (Å²) >= 11 is 6.06. The topological polar surface area (TPSA) is 111 Å². The van der Waals surface area contributed by atoms with Crippen molar-refractivity contribution in [3.05, 3.63) is 99.1 Å². The van der Waals surface area contributed by atoms with Crippen LogP contribution < -0.4 is 14.8 Å². The van der Waals surface area contributed by atoms with E-state index in [1.165, 1.54) is 30.2 Å². The first kappa shape index (κ1) is 29.4. The molecule has 0 saturated heterocycles. The Labute approximate surface area is 232 Å².